The van der Waals surface area contributed by atoms with Crippen LogP contribution in [0, 0.1) is 6.92 Å². The Morgan fingerprint density at radius 1 is 0.947 bits per heavy atom. The molecule has 4 rings (SSSR count). The Morgan fingerprint density at radius 2 is 1.58 bits per heavy atom. The van der Waals surface area contributed by atoms with Crippen molar-refractivity contribution in [3.63, 3.8) is 0 Å². The van der Waals surface area contributed by atoms with E-state index in [0.717, 1.165) is 54.9 Å². The van der Waals surface area contributed by atoms with Crippen LogP contribution in [0.5, 0.6) is 0 Å². The molecule has 3 heterocycles. The second kappa shape index (κ2) is 13.3. The average Bonchev–Trinajstić information content (AvgIpc) is 3.32. The van der Waals surface area contributed by atoms with Crippen LogP contribution in [0.25, 0.3) is 12.2 Å². The fraction of sp³-hybridized carbons (Fsp3) is 0.320. The SMILES string of the molecule is Cc1cc(Nc2cc(N3CCN(C)CC3)nc(/C=C/c3ccccc3)n2)n[nH]1.O=C(O)[C@@H](O)[C@H](O)C(=O)O. The molecule has 1 aromatic carbocycles. The van der Waals surface area contributed by atoms with Gasteiger partial charge in [0.25, 0.3) is 0 Å². The van der Waals surface area contributed by atoms with Gasteiger partial charge in [-0.1, -0.05) is 36.4 Å². The first-order valence-corrected chi connectivity index (χ1v) is 11.8. The highest BCUT2D eigenvalue weighted by molar-refractivity contribution is 5.83. The van der Waals surface area contributed by atoms with Gasteiger partial charge in [-0.15, -0.1) is 0 Å². The third kappa shape index (κ3) is 8.37. The summed E-state index contributed by atoms with van der Waals surface area (Å²) in [6.45, 7) is 5.94. The molecule has 3 aromatic rings. The van der Waals surface area contributed by atoms with E-state index in [2.05, 4.69) is 49.5 Å². The van der Waals surface area contributed by atoms with Crippen LogP contribution in [0.3, 0.4) is 0 Å². The van der Waals surface area contributed by atoms with Gasteiger partial charge >= 0.3 is 11.9 Å². The molecule has 0 aliphatic carbocycles. The lowest BCUT2D eigenvalue weighted by Gasteiger charge is -2.33. The van der Waals surface area contributed by atoms with Crippen LogP contribution in [-0.2, 0) is 9.59 Å². The van der Waals surface area contributed by atoms with E-state index in [9.17, 15) is 9.59 Å². The Labute approximate surface area is 219 Å². The number of rotatable bonds is 8. The molecular weight excluding hydrogens is 494 g/mol. The molecule has 202 valence electrons. The second-order valence-corrected chi connectivity index (χ2v) is 8.63. The zero-order valence-corrected chi connectivity index (χ0v) is 21.0. The molecule has 1 saturated heterocycles. The number of nitrogens with one attached hydrogen (secondary N) is 2. The molecule has 2 aromatic heterocycles. The highest BCUT2D eigenvalue weighted by Gasteiger charge is 2.29. The van der Waals surface area contributed by atoms with Gasteiger partial charge in [-0.2, -0.15) is 5.10 Å². The minimum Gasteiger partial charge on any atom is -0.479 e. The average molecular weight is 526 g/mol. The predicted molar refractivity (Wildman–Crippen MR) is 141 cm³/mol. The van der Waals surface area contributed by atoms with Crippen molar-refractivity contribution in [1.82, 2.24) is 25.1 Å². The monoisotopic (exact) mass is 525 g/mol. The zero-order valence-electron chi connectivity index (χ0n) is 21.0. The summed E-state index contributed by atoms with van der Waals surface area (Å²) < 4.78 is 0. The number of aromatic amines is 1. The van der Waals surface area contributed by atoms with Gasteiger partial charge in [-0.05, 0) is 25.6 Å². The smallest absolute Gasteiger partial charge is 0.335 e. The number of aliphatic hydroxyl groups is 2. The minimum atomic E-state index is -2.27. The molecule has 0 amide bonds. The molecular formula is C25H31N7O6. The Bertz CT molecular complexity index is 1220. The molecule has 13 heteroatoms. The Morgan fingerprint density at radius 3 is 2.13 bits per heavy atom. The molecule has 1 fully saturated rings. The zero-order chi connectivity index (χ0) is 27.7. The second-order valence-electron chi connectivity index (χ2n) is 8.63. The Balaban J connectivity index is 0.000000342. The number of nitrogens with zero attached hydrogens (tertiary/aromatic N) is 5. The summed E-state index contributed by atoms with van der Waals surface area (Å²) >= 11 is 0. The standard InChI is InChI=1S/C21H25N7.C4H6O6/c1-16-14-20(26-25-16)23-19-15-21(28-12-10-27(2)11-13-28)24-18(22-19)9-8-17-6-4-3-5-7-17;5-1(3(7)8)2(6)4(9)10/h3-9,14-15H,10-13H2,1-2H3,(H2,22,23,24,25,26);1-2,5-6H,(H,7,8)(H,9,10)/b9-8+;/t;1-,2-/m.0/s1. The number of piperazine rings is 1. The normalized spacial score (nSPS) is 15.4. The van der Waals surface area contributed by atoms with Gasteiger partial charge in [-0.3, -0.25) is 5.10 Å². The van der Waals surface area contributed by atoms with E-state index in [0.29, 0.717) is 5.82 Å². The number of hydrogen-bond acceptors (Lipinski definition) is 10. The number of aliphatic hydroxyl groups excluding tert-OH is 2. The van der Waals surface area contributed by atoms with E-state index in [4.69, 9.17) is 25.4 Å². The molecule has 0 spiro atoms. The number of aliphatic carboxylic acids is 2. The number of carbonyl (C=O) groups is 2. The summed E-state index contributed by atoms with van der Waals surface area (Å²) in [5.41, 5.74) is 2.12. The quantitative estimate of drug-likeness (QED) is 0.246. The fourth-order valence-corrected chi connectivity index (χ4v) is 3.41. The van der Waals surface area contributed by atoms with Crippen LogP contribution in [0.2, 0.25) is 0 Å². The summed E-state index contributed by atoms with van der Waals surface area (Å²) in [4.78, 5) is 33.6. The number of aryl methyl sites for hydroxylation is 1. The van der Waals surface area contributed by atoms with Crippen molar-refractivity contribution in [2.45, 2.75) is 19.1 Å². The predicted octanol–water partition coefficient (Wildman–Crippen LogP) is 1.05. The van der Waals surface area contributed by atoms with Crippen molar-refractivity contribution < 1.29 is 30.0 Å². The third-order valence-electron chi connectivity index (χ3n) is 5.55. The molecule has 13 nitrogen and oxygen atoms in total. The maximum Gasteiger partial charge on any atom is 0.335 e. The molecule has 0 unspecified atom stereocenters. The van der Waals surface area contributed by atoms with Crippen molar-refractivity contribution in [1.29, 1.82) is 0 Å². The lowest BCUT2D eigenvalue weighted by atomic mass is 10.2. The molecule has 0 radical (unpaired) electrons. The molecule has 0 saturated carbocycles. The first kappa shape index (κ1) is 28.2. The lowest BCUT2D eigenvalue weighted by molar-refractivity contribution is -0.165. The highest BCUT2D eigenvalue weighted by Crippen LogP contribution is 2.21. The summed E-state index contributed by atoms with van der Waals surface area (Å²) in [7, 11) is 2.15. The maximum absolute atomic E-state index is 9.77. The number of carboxylic acids is 2. The van der Waals surface area contributed by atoms with Gasteiger partial charge in [0.1, 0.15) is 11.6 Å². The Hall–Kier alpha value is -4.33. The topological polar surface area (TPSA) is 188 Å². The molecule has 0 bridgehead atoms. The lowest BCUT2D eigenvalue weighted by Crippen LogP contribution is -2.44. The van der Waals surface area contributed by atoms with Gasteiger partial charge in [-0.25, -0.2) is 19.6 Å². The number of anilines is 3. The van der Waals surface area contributed by atoms with Gasteiger partial charge in [0.15, 0.2) is 23.9 Å². The van der Waals surface area contributed by atoms with E-state index in [1.165, 1.54) is 0 Å². The highest BCUT2D eigenvalue weighted by atomic mass is 16.4. The summed E-state index contributed by atoms with van der Waals surface area (Å²) in [6, 6.07) is 14.1. The number of H-pyrrole nitrogens is 1. The van der Waals surface area contributed by atoms with Crippen molar-refractivity contribution in [2.75, 3.05) is 43.4 Å². The molecule has 2 atom stereocenters. The van der Waals surface area contributed by atoms with E-state index in [1.54, 1.807) is 0 Å². The molecule has 1 aliphatic heterocycles. The van der Waals surface area contributed by atoms with E-state index >= 15 is 0 Å². The van der Waals surface area contributed by atoms with Gasteiger partial charge in [0, 0.05) is 44.0 Å². The van der Waals surface area contributed by atoms with Crippen LogP contribution in [0.15, 0.2) is 42.5 Å². The number of likely N-dealkylation sites (N-methyl/N-ethyl adjacent to an activating group) is 1. The van der Waals surface area contributed by atoms with Gasteiger partial charge < -0.3 is 35.5 Å². The number of aromatic nitrogens is 4. The summed E-state index contributed by atoms with van der Waals surface area (Å²) in [5, 5.41) is 43.0. The first-order chi connectivity index (χ1) is 18.1. The number of carboxylic acid groups (broad SMARTS) is 2. The van der Waals surface area contributed by atoms with Crippen molar-refractivity contribution in [3.8, 4) is 0 Å². The van der Waals surface area contributed by atoms with Crippen molar-refractivity contribution in [3.05, 3.63) is 59.5 Å². The van der Waals surface area contributed by atoms with Crippen LogP contribution in [0.1, 0.15) is 17.1 Å². The van der Waals surface area contributed by atoms with Crippen LogP contribution in [-0.4, -0.2) is 103 Å². The molecule has 38 heavy (non-hydrogen) atoms. The van der Waals surface area contributed by atoms with Crippen molar-refractivity contribution in [2.24, 2.45) is 0 Å². The van der Waals surface area contributed by atoms with Gasteiger partial charge in [0.05, 0.1) is 0 Å². The van der Waals surface area contributed by atoms with Crippen LogP contribution >= 0.6 is 0 Å². The summed E-state index contributed by atoms with van der Waals surface area (Å²) in [6.07, 6.45) is -0.545. The van der Waals surface area contributed by atoms with E-state index in [-0.39, 0.29) is 0 Å². The van der Waals surface area contributed by atoms with Crippen LogP contribution in [0.4, 0.5) is 17.5 Å². The molecule has 6 N–H and O–H groups in total. The van der Waals surface area contributed by atoms with Crippen molar-refractivity contribution >= 4 is 41.5 Å². The van der Waals surface area contributed by atoms with E-state index in [1.807, 2.05) is 49.4 Å². The number of benzene rings is 1. The first-order valence-electron chi connectivity index (χ1n) is 11.8. The minimum absolute atomic E-state index is 0.676. The number of hydrogen-bond donors (Lipinski definition) is 6. The largest absolute Gasteiger partial charge is 0.479 e. The summed E-state index contributed by atoms with van der Waals surface area (Å²) in [5.74, 6) is -0.438. The van der Waals surface area contributed by atoms with Crippen LogP contribution < -0.4 is 10.2 Å². The van der Waals surface area contributed by atoms with E-state index < -0.39 is 24.1 Å². The maximum atomic E-state index is 9.77. The van der Waals surface area contributed by atoms with Gasteiger partial charge in [0.2, 0.25) is 0 Å². The Kier molecular flexibility index (Phi) is 9.87. The third-order valence-corrected chi connectivity index (χ3v) is 5.55. The molecule has 1 aliphatic rings. The fourth-order valence-electron chi connectivity index (χ4n) is 3.41.